The van der Waals surface area contributed by atoms with Crippen molar-refractivity contribution in [3.63, 3.8) is 0 Å². The summed E-state index contributed by atoms with van der Waals surface area (Å²) in [5, 5.41) is 4.25. The molecule has 0 N–H and O–H groups in total. The van der Waals surface area contributed by atoms with Crippen molar-refractivity contribution in [2.45, 2.75) is 0 Å². The number of carbonyl (C=O) groups is 1. The predicted molar refractivity (Wildman–Crippen MR) is 76.0 cm³/mol. The van der Waals surface area contributed by atoms with E-state index in [0.717, 1.165) is 5.56 Å². The summed E-state index contributed by atoms with van der Waals surface area (Å²) in [6.45, 7) is 0. The average molecular weight is 270 g/mol. The quantitative estimate of drug-likeness (QED) is 0.628. The van der Waals surface area contributed by atoms with E-state index in [0.29, 0.717) is 11.3 Å². The summed E-state index contributed by atoms with van der Waals surface area (Å²) < 4.78 is 5.80. The van der Waals surface area contributed by atoms with Gasteiger partial charge in [0.1, 0.15) is 0 Å². The van der Waals surface area contributed by atoms with E-state index in [1.54, 1.807) is 7.05 Å². The van der Waals surface area contributed by atoms with Crippen molar-refractivity contribution in [3.8, 4) is 11.3 Å². The third kappa shape index (κ3) is 3.00. The van der Waals surface area contributed by atoms with Gasteiger partial charge in [-0.05, 0) is 6.08 Å². The molecule has 0 spiro atoms. The highest BCUT2D eigenvalue weighted by molar-refractivity contribution is 5.88. The Balaban J connectivity index is 2.55. The number of hydrogen-bond acceptors (Lipinski definition) is 4. The number of nitrogens with zero attached hydrogens (tertiary/aromatic N) is 2. The lowest BCUT2D eigenvalue weighted by molar-refractivity contribution is -0.134. The minimum Gasteiger partial charge on any atom is -0.466 e. The molecule has 0 unspecified atom stereocenters. The molecule has 0 aliphatic rings. The summed E-state index contributed by atoms with van der Waals surface area (Å²) in [6, 6.07) is 10.9. The number of aromatic nitrogens is 2. The number of rotatable bonds is 3. The number of aryl methyl sites for hydroxylation is 1. The lowest BCUT2D eigenvalue weighted by atomic mass is 10.1. The number of methoxy groups -OCH3 is 1. The van der Waals surface area contributed by atoms with Crippen molar-refractivity contribution in [2.75, 3.05) is 7.11 Å². The average Bonchev–Trinajstić information content (AvgIpc) is 2.48. The van der Waals surface area contributed by atoms with Crippen LogP contribution in [0.15, 0.2) is 47.3 Å². The lowest BCUT2D eigenvalue weighted by Gasteiger charge is -2.07. The van der Waals surface area contributed by atoms with Crippen molar-refractivity contribution >= 4 is 12.0 Å². The first kappa shape index (κ1) is 13.7. The van der Waals surface area contributed by atoms with Gasteiger partial charge in [0.2, 0.25) is 0 Å². The van der Waals surface area contributed by atoms with Crippen molar-refractivity contribution in [1.29, 1.82) is 0 Å². The second-order valence-corrected chi connectivity index (χ2v) is 4.13. The van der Waals surface area contributed by atoms with Crippen LogP contribution in [0.4, 0.5) is 0 Å². The molecule has 0 radical (unpaired) electrons. The molecule has 0 aliphatic heterocycles. The molecule has 0 amide bonds. The van der Waals surface area contributed by atoms with Crippen LogP contribution < -0.4 is 5.56 Å². The molecule has 5 heteroatoms. The Hall–Kier alpha value is -2.69. The Morgan fingerprint density at radius 2 is 2.00 bits per heavy atom. The summed E-state index contributed by atoms with van der Waals surface area (Å²) in [5.74, 6) is -0.482. The Kier molecular flexibility index (Phi) is 4.10. The van der Waals surface area contributed by atoms with Gasteiger partial charge < -0.3 is 4.74 Å². The summed E-state index contributed by atoms with van der Waals surface area (Å²) >= 11 is 0. The normalized spacial score (nSPS) is 10.7. The zero-order chi connectivity index (χ0) is 14.5. The number of carbonyl (C=O) groups excluding carboxylic acids is 1. The molecule has 1 aromatic heterocycles. The van der Waals surface area contributed by atoms with Gasteiger partial charge in [-0.25, -0.2) is 9.48 Å². The Bertz CT molecular complexity index is 703. The SMILES string of the molecule is COC(=O)/C=C/c1cc(=O)n(C)nc1-c1ccccc1. The molecule has 0 atom stereocenters. The second-order valence-electron chi connectivity index (χ2n) is 4.13. The van der Waals surface area contributed by atoms with E-state index in [2.05, 4.69) is 9.84 Å². The van der Waals surface area contributed by atoms with E-state index >= 15 is 0 Å². The first-order valence-corrected chi connectivity index (χ1v) is 6.01. The highest BCUT2D eigenvalue weighted by atomic mass is 16.5. The number of benzene rings is 1. The molecular weight excluding hydrogens is 256 g/mol. The first-order valence-electron chi connectivity index (χ1n) is 6.01. The molecule has 2 rings (SSSR count). The van der Waals surface area contributed by atoms with Crippen LogP contribution in [0.2, 0.25) is 0 Å². The maximum atomic E-state index is 11.7. The fourth-order valence-corrected chi connectivity index (χ4v) is 1.73. The summed E-state index contributed by atoms with van der Waals surface area (Å²) in [4.78, 5) is 22.9. The van der Waals surface area contributed by atoms with Crippen molar-refractivity contribution in [1.82, 2.24) is 9.78 Å². The third-order valence-electron chi connectivity index (χ3n) is 2.77. The Morgan fingerprint density at radius 1 is 1.30 bits per heavy atom. The fraction of sp³-hybridized carbons (Fsp3) is 0.133. The van der Waals surface area contributed by atoms with Crippen molar-refractivity contribution in [2.24, 2.45) is 7.05 Å². The van der Waals surface area contributed by atoms with Crippen LogP contribution in [0.5, 0.6) is 0 Å². The Labute approximate surface area is 116 Å². The van der Waals surface area contributed by atoms with Gasteiger partial charge in [-0.3, -0.25) is 4.79 Å². The van der Waals surface area contributed by atoms with Crippen LogP contribution in [0.1, 0.15) is 5.56 Å². The molecule has 0 fully saturated rings. The van der Waals surface area contributed by atoms with Gasteiger partial charge >= 0.3 is 5.97 Å². The molecule has 0 bridgehead atoms. The van der Waals surface area contributed by atoms with Crippen molar-refractivity contribution in [3.05, 3.63) is 58.4 Å². The highest BCUT2D eigenvalue weighted by Gasteiger charge is 2.08. The van der Waals surface area contributed by atoms with E-state index in [9.17, 15) is 9.59 Å². The molecular formula is C15H14N2O3. The third-order valence-corrected chi connectivity index (χ3v) is 2.77. The van der Waals surface area contributed by atoms with Crippen LogP contribution in [0.3, 0.4) is 0 Å². The molecule has 1 heterocycles. The van der Waals surface area contributed by atoms with Gasteiger partial charge in [0, 0.05) is 30.3 Å². The lowest BCUT2D eigenvalue weighted by Crippen LogP contribution is -2.19. The van der Waals surface area contributed by atoms with E-state index in [1.165, 1.54) is 30.0 Å². The van der Waals surface area contributed by atoms with E-state index in [4.69, 9.17) is 0 Å². The van der Waals surface area contributed by atoms with Gasteiger partial charge in [0.25, 0.3) is 5.56 Å². The minimum absolute atomic E-state index is 0.241. The van der Waals surface area contributed by atoms with Gasteiger partial charge in [-0.2, -0.15) is 5.10 Å². The second kappa shape index (κ2) is 5.97. The van der Waals surface area contributed by atoms with E-state index in [-0.39, 0.29) is 5.56 Å². The Morgan fingerprint density at radius 3 is 2.65 bits per heavy atom. The van der Waals surface area contributed by atoms with Crippen LogP contribution in [0, 0.1) is 0 Å². The first-order chi connectivity index (χ1) is 9.61. The molecule has 0 saturated carbocycles. The summed E-state index contributed by atoms with van der Waals surface area (Å²) in [5.41, 5.74) is 1.83. The van der Waals surface area contributed by atoms with Crippen LogP contribution in [-0.2, 0) is 16.6 Å². The van der Waals surface area contributed by atoms with Crippen LogP contribution in [-0.4, -0.2) is 22.9 Å². The van der Waals surface area contributed by atoms with Crippen LogP contribution >= 0.6 is 0 Å². The molecule has 102 valence electrons. The van der Waals surface area contributed by atoms with Crippen molar-refractivity contribution < 1.29 is 9.53 Å². The topological polar surface area (TPSA) is 61.2 Å². The molecule has 0 aliphatic carbocycles. The summed E-state index contributed by atoms with van der Waals surface area (Å²) in [7, 11) is 2.88. The number of hydrogen-bond donors (Lipinski definition) is 0. The maximum Gasteiger partial charge on any atom is 0.330 e. The van der Waals surface area contributed by atoms with Gasteiger partial charge in [0.15, 0.2) is 0 Å². The van der Waals surface area contributed by atoms with Gasteiger partial charge in [-0.1, -0.05) is 30.3 Å². The fourth-order valence-electron chi connectivity index (χ4n) is 1.73. The smallest absolute Gasteiger partial charge is 0.330 e. The zero-order valence-corrected chi connectivity index (χ0v) is 11.2. The number of esters is 1. The highest BCUT2D eigenvalue weighted by Crippen LogP contribution is 2.20. The van der Waals surface area contributed by atoms with Gasteiger partial charge in [0.05, 0.1) is 12.8 Å². The van der Waals surface area contributed by atoms with E-state index in [1.807, 2.05) is 30.3 Å². The molecule has 20 heavy (non-hydrogen) atoms. The summed E-state index contributed by atoms with van der Waals surface area (Å²) in [6.07, 6.45) is 2.80. The predicted octanol–water partition coefficient (Wildman–Crippen LogP) is 1.63. The van der Waals surface area contributed by atoms with Gasteiger partial charge in [-0.15, -0.1) is 0 Å². The number of ether oxygens (including phenoxy) is 1. The monoisotopic (exact) mass is 270 g/mol. The zero-order valence-electron chi connectivity index (χ0n) is 11.2. The molecule has 1 aromatic carbocycles. The standard InChI is InChI=1S/C15H14N2O3/c1-17-13(18)10-12(8-9-14(19)20-2)15(16-17)11-6-4-3-5-7-11/h3-10H,1-2H3/b9-8+. The van der Waals surface area contributed by atoms with Crippen LogP contribution in [0.25, 0.3) is 17.3 Å². The van der Waals surface area contributed by atoms with E-state index < -0.39 is 5.97 Å². The minimum atomic E-state index is -0.482. The molecule has 0 saturated heterocycles. The molecule has 5 nitrogen and oxygen atoms in total. The largest absolute Gasteiger partial charge is 0.466 e. The molecule has 2 aromatic rings. The maximum absolute atomic E-state index is 11.7.